The van der Waals surface area contributed by atoms with E-state index in [-0.39, 0.29) is 11.3 Å². The summed E-state index contributed by atoms with van der Waals surface area (Å²) in [5.74, 6) is 3.95. The van der Waals surface area contributed by atoms with Gasteiger partial charge in [-0.05, 0) is 36.1 Å². The molecule has 5 nitrogen and oxygen atoms in total. The van der Waals surface area contributed by atoms with Crippen LogP contribution < -0.4 is 23.7 Å². The quantitative estimate of drug-likeness (QED) is 0.770. The zero-order chi connectivity index (χ0) is 19.6. The van der Waals surface area contributed by atoms with Crippen molar-refractivity contribution in [3.05, 3.63) is 41.5 Å². The van der Waals surface area contributed by atoms with E-state index >= 15 is 0 Å². The Morgan fingerprint density at radius 1 is 0.852 bits per heavy atom. The van der Waals surface area contributed by atoms with Gasteiger partial charge in [0.2, 0.25) is 0 Å². The second-order valence-electron chi connectivity index (χ2n) is 7.23. The van der Waals surface area contributed by atoms with Crippen molar-refractivity contribution in [1.82, 2.24) is 0 Å². The first-order valence-electron chi connectivity index (χ1n) is 9.07. The van der Waals surface area contributed by atoms with Gasteiger partial charge in [0.25, 0.3) is 0 Å². The van der Waals surface area contributed by atoms with Gasteiger partial charge in [-0.2, -0.15) is 0 Å². The molecule has 2 aromatic carbocycles. The Kier molecular flexibility index (Phi) is 5.40. The molecule has 5 heteroatoms. The molecule has 0 bridgehead atoms. The van der Waals surface area contributed by atoms with Gasteiger partial charge in [0, 0.05) is 17.0 Å². The van der Waals surface area contributed by atoms with E-state index in [4.69, 9.17) is 23.7 Å². The number of ether oxygens (including phenoxy) is 5. The molecule has 27 heavy (non-hydrogen) atoms. The van der Waals surface area contributed by atoms with Crippen LogP contribution in [0.25, 0.3) is 0 Å². The number of hydrogen-bond acceptors (Lipinski definition) is 5. The molecule has 1 heterocycles. The maximum atomic E-state index is 6.12. The van der Waals surface area contributed by atoms with E-state index in [2.05, 4.69) is 32.0 Å². The minimum absolute atomic E-state index is 0.201. The molecule has 1 atom stereocenters. The lowest BCUT2D eigenvalue weighted by Gasteiger charge is -2.34. The number of hydrogen-bond donors (Lipinski definition) is 0. The van der Waals surface area contributed by atoms with Crippen LogP contribution >= 0.6 is 0 Å². The van der Waals surface area contributed by atoms with E-state index in [0.717, 1.165) is 35.0 Å². The summed E-state index contributed by atoms with van der Waals surface area (Å²) < 4.78 is 28.1. The van der Waals surface area contributed by atoms with Crippen LogP contribution in [0.3, 0.4) is 0 Å². The number of fused-ring (bicyclic) bond motifs is 1. The molecular weight excluding hydrogens is 344 g/mol. The first-order chi connectivity index (χ1) is 13.0. The number of benzene rings is 2. The van der Waals surface area contributed by atoms with Gasteiger partial charge in [0.1, 0.15) is 5.75 Å². The fraction of sp³-hybridized carbons (Fsp3) is 0.455. The summed E-state index contributed by atoms with van der Waals surface area (Å²) in [6.45, 7) is 5.08. The van der Waals surface area contributed by atoms with Crippen LogP contribution in [0.2, 0.25) is 0 Å². The summed E-state index contributed by atoms with van der Waals surface area (Å²) in [6.07, 6.45) is 0.878. The zero-order valence-electron chi connectivity index (χ0n) is 16.9. The Morgan fingerprint density at radius 2 is 1.56 bits per heavy atom. The summed E-state index contributed by atoms with van der Waals surface area (Å²) in [5, 5.41) is 0. The summed E-state index contributed by atoms with van der Waals surface area (Å²) >= 11 is 0. The Hall–Kier alpha value is -2.56. The first-order valence-corrected chi connectivity index (χ1v) is 9.07. The van der Waals surface area contributed by atoms with Gasteiger partial charge in [-0.25, -0.2) is 0 Å². The third kappa shape index (κ3) is 3.38. The lowest BCUT2D eigenvalue weighted by molar-refractivity contribution is 0.283. The smallest absolute Gasteiger partial charge is 0.165 e. The molecule has 1 aliphatic rings. The SMILES string of the molecule is COc1cc(OC)c2c(c1)C(C)(C)C(c1ccc(OC)c(OC)c1)CCO2. The molecule has 0 fully saturated rings. The lowest BCUT2D eigenvalue weighted by atomic mass is 9.69. The first kappa shape index (κ1) is 19.2. The molecular formula is C22H28O5. The van der Waals surface area contributed by atoms with Gasteiger partial charge in [0.15, 0.2) is 23.0 Å². The Labute approximate surface area is 161 Å². The number of rotatable bonds is 5. The van der Waals surface area contributed by atoms with Gasteiger partial charge in [-0.3, -0.25) is 0 Å². The highest BCUT2D eigenvalue weighted by Gasteiger charge is 2.39. The average molecular weight is 372 g/mol. The van der Waals surface area contributed by atoms with Crippen LogP contribution in [0, 0.1) is 0 Å². The van der Waals surface area contributed by atoms with Crippen molar-refractivity contribution < 1.29 is 23.7 Å². The van der Waals surface area contributed by atoms with Crippen LogP contribution in [0.15, 0.2) is 30.3 Å². The molecule has 0 spiro atoms. The van der Waals surface area contributed by atoms with E-state index in [1.807, 2.05) is 12.1 Å². The van der Waals surface area contributed by atoms with Gasteiger partial charge in [0.05, 0.1) is 35.0 Å². The largest absolute Gasteiger partial charge is 0.497 e. The van der Waals surface area contributed by atoms with Crippen molar-refractivity contribution in [2.45, 2.75) is 31.6 Å². The minimum atomic E-state index is -0.201. The standard InChI is InChI=1S/C22H28O5/c1-22(2)16(14-7-8-18(24-4)19(11-14)25-5)9-10-27-21-17(22)12-15(23-3)13-20(21)26-6/h7-8,11-13,16H,9-10H2,1-6H3. The molecule has 0 radical (unpaired) electrons. The summed E-state index contributed by atoms with van der Waals surface area (Å²) in [7, 11) is 6.63. The van der Waals surface area contributed by atoms with Gasteiger partial charge in [-0.1, -0.05) is 19.9 Å². The van der Waals surface area contributed by atoms with E-state index in [9.17, 15) is 0 Å². The Bertz CT molecular complexity index is 813. The van der Waals surface area contributed by atoms with Crippen LogP contribution in [-0.4, -0.2) is 35.0 Å². The predicted molar refractivity (Wildman–Crippen MR) is 105 cm³/mol. The van der Waals surface area contributed by atoms with Gasteiger partial charge >= 0.3 is 0 Å². The molecule has 0 aliphatic carbocycles. The van der Waals surface area contributed by atoms with Crippen molar-refractivity contribution in [3.63, 3.8) is 0 Å². The Morgan fingerprint density at radius 3 is 2.19 bits per heavy atom. The summed E-state index contributed by atoms with van der Waals surface area (Å²) in [5.41, 5.74) is 2.07. The molecule has 0 saturated heterocycles. The van der Waals surface area contributed by atoms with Crippen LogP contribution in [0.5, 0.6) is 28.7 Å². The third-order valence-corrected chi connectivity index (χ3v) is 5.51. The fourth-order valence-electron chi connectivity index (χ4n) is 3.95. The molecule has 0 amide bonds. The molecule has 146 valence electrons. The molecule has 0 saturated carbocycles. The average Bonchev–Trinajstić information content (AvgIpc) is 2.82. The summed E-state index contributed by atoms with van der Waals surface area (Å²) in [6, 6.07) is 10.1. The van der Waals surface area contributed by atoms with Crippen molar-refractivity contribution in [2.75, 3.05) is 35.0 Å². The molecule has 0 aromatic heterocycles. The van der Waals surface area contributed by atoms with E-state index in [1.165, 1.54) is 5.56 Å². The summed E-state index contributed by atoms with van der Waals surface area (Å²) in [4.78, 5) is 0. The highest BCUT2D eigenvalue weighted by molar-refractivity contribution is 5.56. The molecule has 0 N–H and O–H groups in total. The molecule has 1 aliphatic heterocycles. The lowest BCUT2D eigenvalue weighted by Crippen LogP contribution is -2.26. The highest BCUT2D eigenvalue weighted by atomic mass is 16.5. The molecule has 2 aromatic rings. The monoisotopic (exact) mass is 372 g/mol. The fourth-order valence-corrected chi connectivity index (χ4v) is 3.95. The zero-order valence-corrected chi connectivity index (χ0v) is 16.9. The second kappa shape index (κ2) is 7.59. The maximum Gasteiger partial charge on any atom is 0.165 e. The van der Waals surface area contributed by atoms with Crippen molar-refractivity contribution >= 4 is 0 Å². The van der Waals surface area contributed by atoms with E-state index in [1.54, 1.807) is 28.4 Å². The topological polar surface area (TPSA) is 46.2 Å². The second-order valence-corrected chi connectivity index (χ2v) is 7.23. The number of methoxy groups -OCH3 is 4. The molecule has 1 unspecified atom stereocenters. The predicted octanol–water partition coefficient (Wildman–Crippen LogP) is 4.56. The van der Waals surface area contributed by atoms with Crippen LogP contribution in [-0.2, 0) is 5.41 Å². The van der Waals surface area contributed by atoms with Crippen molar-refractivity contribution in [2.24, 2.45) is 0 Å². The van der Waals surface area contributed by atoms with Crippen molar-refractivity contribution in [3.8, 4) is 28.7 Å². The van der Waals surface area contributed by atoms with E-state index in [0.29, 0.717) is 12.4 Å². The Balaban J connectivity index is 2.12. The van der Waals surface area contributed by atoms with Crippen LogP contribution in [0.1, 0.15) is 37.3 Å². The van der Waals surface area contributed by atoms with E-state index < -0.39 is 0 Å². The maximum absolute atomic E-state index is 6.12. The highest BCUT2D eigenvalue weighted by Crippen LogP contribution is 2.51. The normalized spacial score (nSPS) is 17.9. The van der Waals surface area contributed by atoms with Gasteiger partial charge < -0.3 is 23.7 Å². The third-order valence-electron chi connectivity index (χ3n) is 5.51. The van der Waals surface area contributed by atoms with Crippen LogP contribution in [0.4, 0.5) is 0 Å². The molecule has 3 rings (SSSR count). The minimum Gasteiger partial charge on any atom is -0.497 e. The van der Waals surface area contributed by atoms with Crippen molar-refractivity contribution in [1.29, 1.82) is 0 Å². The van der Waals surface area contributed by atoms with Gasteiger partial charge in [-0.15, -0.1) is 0 Å².